The van der Waals surface area contributed by atoms with Crippen molar-refractivity contribution in [2.24, 2.45) is 17.3 Å². The topological polar surface area (TPSA) is 37.4 Å². The van der Waals surface area contributed by atoms with Crippen molar-refractivity contribution in [1.29, 1.82) is 0 Å². The molecule has 1 saturated carbocycles. The highest BCUT2D eigenvalue weighted by Gasteiger charge is 2.56. The normalized spacial score (nSPS) is 33.3. The molecule has 0 aromatic carbocycles. The molecule has 0 aromatic heterocycles. The zero-order chi connectivity index (χ0) is 11.2. The summed E-state index contributed by atoms with van der Waals surface area (Å²) in [5.74, 6) is -0.0190. The first-order valence-corrected chi connectivity index (χ1v) is 5.40. The summed E-state index contributed by atoms with van der Waals surface area (Å²) in [4.78, 5) is 25.4. The van der Waals surface area contributed by atoms with Gasteiger partial charge in [0.2, 0.25) is 5.91 Å². The van der Waals surface area contributed by atoms with Crippen LogP contribution < -0.4 is 0 Å². The Morgan fingerprint density at radius 2 is 2.20 bits per heavy atom. The first kappa shape index (κ1) is 10.4. The van der Waals surface area contributed by atoms with E-state index in [1.54, 1.807) is 11.0 Å². The van der Waals surface area contributed by atoms with Crippen LogP contribution in [0, 0.1) is 17.3 Å². The SMILES string of the molecule is C=CCN1C[C@@H]2[C@@H](C(=O)CC2(C)C)C1=O. The van der Waals surface area contributed by atoms with Gasteiger partial charge in [0.15, 0.2) is 0 Å². The Labute approximate surface area is 90.1 Å². The number of likely N-dealkylation sites (tertiary alicyclic amines) is 1. The molecule has 0 aromatic rings. The van der Waals surface area contributed by atoms with Gasteiger partial charge in [-0.15, -0.1) is 6.58 Å². The van der Waals surface area contributed by atoms with Crippen LogP contribution >= 0.6 is 0 Å². The fourth-order valence-electron chi connectivity index (χ4n) is 2.87. The molecule has 2 fully saturated rings. The predicted molar refractivity (Wildman–Crippen MR) is 57.2 cm³/mol. The number of rotatable bonds is 2. The van der Waals surface area contributed by atoms with E-state index < -0.39 is 0 Å². The monoisotopic (exact) mass is 207 g/mol. The third kappa shape index (κ3) is 1.41. The van der Waals surface area contributed by atoms with Gasteiger partial charge in [0.05, 0.1) is 0 Å². The van der Waals surface area contributed by atoms with Crippen molar-refractivity contribution in [2.75, 3.05) is 13.1 Å². The molecule has 0 radical (unpaired) electrons. The molecule has 2 atom stereocenters. The lowest BCUT2D eigenvalue weighted by molar-refractivity contribution is -0.135. The van der Waals surface area contributed by atoms with Gasteiger partial charge in [-0.1, -0.05) is 19.9 Å². The second-order valence-corrected chi connectivity index (χ2v) is 5.25. The maximum absolute atomic E-state index is 11.9. The summed E-state index contributed by atoms with van der Waals surface area (Å²) in [6.45, 7) is 9.08. The van der Waals surface area contributed by atoms with Gasteiger partial charge < -0.3 is 4.90 Å². The molecule has 1 heterocycles. The van der Waals surface area contributed by atoms with E-state index in [4.69, 9.17) is 0 Å². The molecular weight excluding hydrogens is 190 g/mol. The van der Waals surface area contributed by atoms with E-state index in [1.165, 1.54) is 0 Å². The predicted octanol–water partition coefficient (Wildman–Crippen LogP) is 1.25. The third-order valence-corrected chi connectivity index (χ3v) is 3.73. The van der Waals surface area contributed by atoms with Crippen LogP contribution in [0.5, 0.6) is 0 Å². The van der Waals surface area contributed by atoms with Crippen molar-refractivity contribution in [3.63, 3.8) is 0 Å². The molecule has 0 unspecified atom stereocenters. The van der Waals surface area contributed by atoms with Gasteiger partial charge in [-0.2, -0.15) is 0 Å². The first-order valence-electron chi connectivity index (χ1n) is 5.40. The summed E-state index contributed by atoms with van der Waals surface area (Å²) >= 11 is 0. The van der Waals surface area contributed by atoms with Crippen LogP contribution in [-0.4, -0.2) is 29.7 Å². The fourth-order valence-corrected chi connectivity index (χ4v) is 2.87. The largest absolute Gasteiger partial charge is 0.338 e. The highest BCUT2D eigenvalue weighted by atomic mass is 16.2. The minimum Gasteiger partial charge on any atom is -0.338 e. The van der Waals surface area contributed by atoms with Crippen LogP contribution in [0.4, 0.5) is 0 Å². The number of hydrogen-bond donors (Lipinski definition) is 0. The number of Topliss-reactive ketones (excluding diaryl/α,β-unsaturated/α-hetero) is 1. The molecule has 1 aliphatic carbocycles. The quantitative estimate of drug-likeness (QED) is 0.505. The van der Waals surface area contributed by atoms with E-state index in [0.29, 0.717) is 19.5 Å². The van der Waals surface area contributed by atoms with Crippen LogP contribution in [-0.2, 0) is 9.59 Å². The van der Waals surface area contributed by atoms with E-state index >= 15 is 0 Å². The maximum Gasteiger partial charge on any atom is 0.233 e. The van der Waals surface area contributed by atoms with Gasteiger partial charge in [-0.3, -0.25) is 9.59 Å². The molecule has 0 spiro atoms. The van der Waals surface area contributed by atoms with Crippen LogP contribution in [0.15, 0.2) is 12.7 Å². The third-order valence-electron chi connectivity index (χ3n) is 3.73. The lowest BCUT2D eigenvalue weighted by Crippen LogP contribution is -2.30. The molecule has 3 nitrogen and oxygen atoms in total. The maximum atomic E-state index is 11.9. The van der Waals surface area contributed by atoms with Crippen molar-refractivity contribution in [3.05, 3.63) is 12.7 Å². The molecule has 82 valence electrons. The Morgan fingerprint density at radius 3 is 2.73 bits per heavy atom. The minimum atomic E-state index is -0.361. The Hall–Kier alpha value is -1.12. The number of fused-ring (bicyclic) bond motifs is 1. The molecule has 0 bridgehead atoms. The van der Waals surface area contributed by atoms with Crippen molar-refractivity contribution in [3.8, 4) is 0 Å². The molecule has 2 rings (SSSR count). The first-order chi connectivity index (χ1) is 6.97. The zero-order valence-electron chi connectivity index (χ0n) is 9.32. The molecule has 0 N–H and O–H groups in total. The number of carbonyl (C=O) groups is 2. The number of ketones is 1. The summed E-state index contributed by atoms with van der Waals surface area (Å²) < 4.78 is 0. The van der Waals surface area contributed by atoms with Crippen LogP contribution in [0.25, 0.3) is 0 Å². The van der Waals surface area contributed by atoms with E-state index in [2.05, 4.69) is 20.4 Å². The van der Waals surface area contributed by atoms with Gasteiger partial charge in [0.1, 0.15) is 11.7 Å². The van der Waals surface area contributed by atoms with E-state index in [1.807, 2.05) is 0 Å². The van der Waals surface area contributed by atoms with E-state index in [-0.39, 0.29) is 28.9 Å². The summed E-state index contributed by atoms with van der Waals surface area (Å²) in [6.07, 6.45) is 2.27. The van der Waals surface area contributed by atoms with Crippen molar-refractivity contribution in [1.82, 2.24) is 4.90 Å². The lowest BCUT2D eigenvalue weighted by Gasteiger charge is -2.25. The molecule has 1 amide bonds. The van der Waals surface area contributed by atoms with E-state index in [9.17, 15) is 9.59 Å². The van der Waals surface area contributed by atoms with Gasteiger partial charge in [-0.05, 0) is 5.41 Å². The van der Waals surface area contributed by atoms with Crippen molar-refractivity contribution < 1.29 is 9.59 Å². The smallest absolute Gasteiger partial charge is 0.233 e. The molecule has 1 aliphatic heterocycles. The van der Waals surface area contributed by atoms with Gasteiger partial charge in [0.25, 0.3) is 0 Å². The summed E-state index contributed by atoms with van der Waals surface area (Å²) in [5.41, 5.74) is -0.0205. The number of hydrogen-bond acceptors (Lipinski definition) is 2. The van der Waals surface area contributed by atoms with Gasteiger partial charge in [0, 0.05) is 25.4 Å². The van der Waals surface area contributed by atoms with Crippen molar-refractivity contribution in [2.45, 2.75) is 20.3 Å². The zero-order valence-corrected chi connectivity index (χ0v) is 9.32. The minimum absolute atomic E-state index is 0.00970. The number of amides is 1. The molecule has 3 heteroatoms. The average molecular weight is 207 g/mol. The molecular formula is C12H17NO2. The van der Waals surface area contributed by atoms with E-state index in [0.717, 1.165) is 0 Å². The van der Waals surface area contributed by atoms with Crippen LogP contribution in [0.1, 0.15) is 20.3 Å². The highest BCUT2D eigenvalue weighted by molar-refractivity contribution is 6.05. The fraction of sp³-hybridized carbons (Fsp3) is 0.667. The van der Waals surface area contributed by atoms with Gasteiger partial charge in [-0.25, -0.2) is 0 Å². The second-order valence-electron chi connectivity index (χ2n) is 5.25. The number of nitrogens with zero attached hydrogens (tertiary/aromatic N) is 1. The standard InChI is InChI=1S/C12H17NO2/c1-4-5-13-7-8-10(11(13)15)9(14)6-12(8,2)3/h4,8,10H,1,5-7H2,2-3H3/t8-,10+/m1/s1. The molecule has 2 aliphatic rings. The van der Waals surface area contributed by atoms with Crippen molar-refractivity contribution >= 4 is 11.7 Å². The highest BCUT2D eigenvalue weighted by Crippen LogP contribution is 2.48. The molecule has 15 heavy (non-hydrogen) atoms. The summed E-state index contributed by atoms with van der Waals surface area (Å²) in [7, 11) is 0. The molecule has 1 saturated heterocycles. The lowest BCUT2D eigenvalue weighted by atomic mass is 9.80. The Balaban J connectivity index is 2.26. The summed E-state index contributed by atoms with van der Waals surface area (Å²) in [6, 6.07) is 0. The second kappa shape index (κ2) is 3.19. The van der Waals surface area contributed by atoms with Crippen LogP contribution in [0.3, 0.4) is 0 Å². The number of carbonyl (C=O) groups excluding carboxylic acids is 2. The Kier molecular flexibility index (Phi) is 2.21. The Morgan fingerprint density at radius 1 is 1.53 bits per heavy atom. The average Bonchev–Trinajstić information content (AvgIpc) is 2.54. The summed E-state index contributed by atoms with van der Waals surface area (Å²) in [5, 5.41) is 0. The van der Waals surface area contributed by atoms with Gasteiger partial charge >= 0.3 is 0 Å². The van der Waals surface area contributed by atoms with Crippen LogP contribution in [0.2, 0.25) is 0 Å². The Bertz CT molecular complexity index is 333.